The van der Waals surface area contributed by atoms with E-state index in [1.54, 1.807) is 6.92 Å². The number of aromatic nitrogens is 2. The van der Waals surface area contributed by atoms with Gasteiger partial charge in [0.2, 0.25) is 11.5 Å². The Kier molecular flexibility index (Phi) is 2.49. The molecule has 2 aromatic heterocycles. The quantitative estimate of drug-likeness (QED) is 0.711. The highest BCUT2D eigenvalue weighted by Crippen LogP contribution is 2.18. The van der Waals surface area contributed by atoms with E-state index in [2.05, 4.69) is 9.97 Å². The lowest BCUT2D eigenvalue weighted by Crippen LogP contribution is -2.02. The Morgan fingerprint density at radius 2 is 2.40 bits per heavy atom. The van der Waals surface area contributed by atoms with Gasteiger partial charge in [0, 0.05) is 0 Å². The maximum Gasteiger partial charge on any atom is 0.375 e. The van der Waals surface area contributed by atoms with Crippen molar-refractivity contribution in [3.8, 4) is 11.7 Å². The van der Waals surface area contributed by atoms with Crippen LogP contribution in [0.3, 0.4) is 0 Å². The average Bonchev–Trinajstić information content (AvgIpc) is 2.89. The molecule has 2 rings (SSSR count). The summed E-state index contributed by atoms with van der Waals surface area (Å²) in [5, 5.41) is 0. The van der Waals surface area contributed by atoms with E-state index in [0.717, 1.165) is 0 Å². The minimum absolute atomic E-state index is 0.0447. The molecule has 0 atom stereocenters. The third kappa shape index (κ3) is 1.88. The normalized spacial score (nSPS) is 10.2. The molecule has 0 saturated heterocycles. The van der Waals surface area contributed by atoms with E-state index >= 15 is 0 Å². The molecule has 0 saturated carbocycles. The fourth-order valence-electron chi connectivity index (χ4n) is 1.01. The van der Waals surface area contributed by atoms with Crippen molar-refractivity contribution in [2.24, 2.45) is 0 Å². The number of hydrogen-bond donors (Lipinski definition) is 0. The lowest BCUT2D eigenvalue weighted by Gasteiger charge is -1.95. The summed E-state index contributed by atoms with van der Waals surface area (Å²) in [6, 6.07) is 0. The van der Waals surface area contributed by atoms with E-state index in [1.165, 1.54) is 18.8 Å². The van der Waals surface area contributed by atoms with Gasteiger partial charge in [-0.05, 0) is 6.92 Å². The predicted octanol–water partition coefficient (Wildman–Crippen LogP) is 1.51. The van der Waals surface area contributed by atoms with Crippen LogP contribution in [0.15, 0.2) is 27.6 Å². The zero-order valence-electron chi connectivity index (χ0n) is 7.97. The molecule has 0 aliphatic rings. The number of carbonyl (C=O) groups excluding carboxylic acids is 1. The average molecular weight is 208 g/mol. The summed E-state index contributed by atoms with van der Waals surface area (Å²) in [6.07, 6.45) is 3.99. The Balaban J connectivity index is 2.21. The van der Waals surface area contributed by atoms with Crippen molar-refractivity contribution < 1.29 is 18.4 Å². The number of ether oxygens (including phenoxy) is 1. The van der Waals surface area contributed by atoms with Crippen LogP contribution < -0.4 is 0 Å². The van der Waals surface area contributed by atoms with E-state index in [1.807, 2.05) is 0 Å². The van der Waals surface area contributed by atoms with E-state index in [4.69, 9.17) is 13.6 Å². The van der Waals surface area contributed by atoms with Crippen LogP contribution in [0.2, 0.25) is 0 Å². The van der Waals surface area contributed by atoms with Gasteiger partial charge in [-0.25, -0.2) is 14.8 Å². The molecule has 0 fully saturated rings. The zero-order chi connectivity index (χ0) is 10.7. The highest BCUT2D eigenvalue weighted by atomic mass is 16.5. The van der Waals surface area contributed by atoms with Crippen molar-refractivity contribution in [2.45, 2.75) is 6.92 Å². The topological polar surface area (TPSA) is 78.4 Å². The van der Waals surface area contributed by atoms with Crippen LogP contribution in [0.1, 0.15) is 17.5 Å². The monoisotopic (exact) mass is 208 g/mol. The van der Waals surface area contributed by atoms with Crippen LogP contribution in [0.4, 0.5) is 0 Å². The van der Waals surface area contributed by atoms with Gasteiger partial charge in [-0.3, -0.25) is 0 Å². The maximum absolute atomic E-state index is 11.2. The lowest BCUT2D eigenvalue weighted by molar-refractivity contribution is 0.0491. The molecule has 0 amide bonds. The van der Waals surface area contributed by atoms with Crippen molar-refractivity contribution in [3.63, 3.8) is 0 Å². The number of carbonyl (C=O) groups is 1. The molecule has 0 aromatic carbocycles. The molecule has 15 heavy (non-hydrogen) atoms. The second-order valence-electron chi connectivity index (χ2n) is 2.62. The molecule has 0 spiro atoms. The molecule has 2 aromatic rings. The van der Waals surface area contributed by atoms with Gasteiger partial charge in [-0.15, -0.1) is 0 Å². The molecule has 6 heteroatoms. The first-order valence-electron chi connectivity index (χ1n) is 4.33. The van der Waals surface area contributed by atoms with E-state index in [0.29, 0.717) is 5.76 Å². The predicted molar refractivity (Wildman–Crippen MR) is 48.0 cm³/mol. The third-order valence-corrected chi connectivity index (χ3v) is 1.63. The molecule has 2 heterocycles. The molecule has 0 bridgehead atoms. The SMILES string of the molecule is CCOC(=O)c1cnc(-c2cnco2)o1. The Hall–Kier alpha value is -2.11. The van der Waals surface area contributed by atoms with Gasteiger partial charge in [0.05, 0.1) is 19.0 Å². The van der Waals surface area contributed by atoms with E-state index in [-0.39, 0.29) is 18.3 Å². The van der Waals surface area contributed by atoms with Crippen molar-refractivity contribution >= 4 is 5.97 Å². The van der Waals surface area contributed by atoms with Crippen molar-refractivity contribution in [1.29, 1.82) is 0 Å². The molecule has 0 aliphatic carbocycles. The first-order valence-corrected chi connectivity index (χ1v) is 4.33. The summed E-state index contributed by atoms with van der Waals surface area (Å²) in [5.41, 5.74) is 0. The minimum atomic E-state index is -0.546. The number of rotatable bonds is 3. The van der Waals surface area contributed by atoms with Crippen molar-refractivity contribution in [1.82, 2.24) is 9.97 Å². The van der Waals surface area contributed by atoms with Crippen LogP contribution in [0.25, 0.3) is 11.7 Å². The lowest BCUT2D eigenvalue weighted by atomic mass is 10.5. The highest BCUT2D eigenvalue weighted by Gasteiger charge is 2.15. The number of hydrogen-bond acceptors (Lipinski definition) is 6. The summed E-state index contributed by atoms with van der Waals surface area (Å²) in [4.78, 5) is 18.8. The van der Waals surface area contributed by atoms with Gasteiger partial charge < -0.3 is 13.6 Å². The number of esters is 1. The van der Waals surface area contributed by atoms with Crippen LogP contribution >= 0.6 is 0 Å². The molecular formula is C9H8N2O4. The van der Waals surface area contributed by atoms with Gasteiger partial charge in [0.15, 0.2) is 6.39 Å². The number of nitrogens with zero attached hydrogens (tertiary/aromatic N) is 2. The summed E-state index contributed by atoms with van der Waals surface area (Å²) in [5.74, 6) is 0.0696. The standard InChI is InChI=1S/C9H8N2O4/c1-2-13-9(12)7-4-11-8(15-7)6-3-10-5-14-6/h3-5H,2H2,1H3. The number of oxazole rings is 2. The molecule has 0 radical (unpaired) electrons. The van der Waals surface area contributed by atoms with Gasteiger partial charge >= 0.3 is 5.97 Å². The summed E-state index contributed by atoms with van der Waals surface area (Å²) < 4.78 is 14.8. The fourth-order valence-corrected chi connectivity index (χ4v) is 1.01. The molecule has 0 unspecified atom stereocenters. The smallest absolute Gasteiger partial charge is 0.375 e. The van der Waals surface area contributed by atoms with E-state index in [9.17, 15) is 4.79 Å². The second-order valence-corrected chi connectivity index (χ2v) is 2.62. The zero-order valence-corrected chi connectivity index (χ0v) is 7.97. The van der Waals surface area contributed by atoms with Gasteiger partial charge in [0.1, 0.15) is 0 Å². The fraction of sp³-hybridized carbons (Fsp3) is 0.222. The Morgan fingerprint density at radius 3 is 3.07 bits per heavy atom. The second kappa shape index (κ2) is 3.95. The third-order valence-electron chi connectivity index (χ3n) is 1.63. The molecule has 0 aliphatic heterocycles. The van der Waals surface area contributed by atoms with Gasteiger partial charge in [-0.2, -0.15) is 0 Å². The van der Waals surface area contributed by atoms with Gasteiger partial charge in [0.25, 0.3) is 5.89 Å². The Morgan fingerprint density at radius 1 is 1.53 bits per heavy atom. The van der Waals surface area contributed by atoms with Crippen molar-refractivity contribution in [3.05, 3.63) is 24.5 Å². The highest BCUT2D eigenvalue weighted by molar-refractivity contribution is 5.86. The summed E-state index contributed by atoms with van der Waals surface area (Å²) in [6.45, 7) is 2.00. The summed E-state index contributed by atoms with van der Waals surface area (Å²) in [7, 11) is 0. The summed E-state index contributed by atoms with van der Waals surface area (Å²) >= 11 is 0. The molecular weight excluding hydrogens is 200 g/mol. The van der Waals surface area contributed by atoms with Crippen LogP contribution in [0, 0.1) is 0 Å². The first-order chi connectivity index (χ1) is 7.31. The van der Waals surface area contributed by atoms with E-state index < -0.39 is 5.97 Å². The van der Waals surface area contributed by atoms with Crippen LogP contribution in [0.5, 0.6) is 0 Å². The Labute approximate surface area is 84.9 Å². The molecule has 6 nitrogen and oxygen atoms in total. The minimum Gasteiger partial charge on any atom is -0.460 e. The van der Waals surface area contributed by atoms with Crippen molar-refractivity contribution in [2.75, 3.05) is 6.61 Å². The maximum atomic E-state index is 11.2. The Bertz CT molecular complexity index is 446. The van der Waals surface area contributed by atoms with Crippen LogP contribution in [-0.2, 0) is 4.74 Å². The first kappa shape index (κ1) is 9.45. The largest absolute Gasteiger partial charge is 0.460 e. The molecule has 0 N–H and O–H groups in total. The molecule has 78 valence electrons. The van der Waals surface area contributed by atoms with Crippen LogP contribution in [-0.4, -0.2) is 22.5 Å². The van der Waals surface area contributed by atoms with Gasteiger partial charge in [-0.1, -0.05) is 0 Å².